The number of anilines is 1. The Bertz CT molecular complexity index is 1200. The highest BCUT2D eigenvalue weighted by molar-refractivity contribution is 5.80. The largest absolute Gasteiger partial charge is 0.493 e. The Morgan fingerprint density at radius 3 is 2.88 bits per heavy atom. The molecule has 9 nitrogen and oxygen atoms in total. The third kappa shape index (κ3) is 3.58. The molecule has 0 bridgehead atoms. The quantitative estimate of drug-likeness (QED) is 0.634. The number of ether oxygens (including phenoxy) is 2. The van der Waals surface area contributed by atoms with Crippen LogP contribution >= 0.6 is 0 Å². The number of fused-ring (bicyclic) bond motifs is 2. The first-order chi connectivity index (χ1) is 16.2. The summed E-state index contributed by atoms with van der Waals surface area (Å²) in [6, 6.07) is 3.13. The molecule has 0 unspecified atom stereocenters. The smallest absolute Gasteiger partial charge is 0.230 e. The van der Waals surface area contributed by atoms with Gasteiger partial charge in [-0.3, -0.25) is 9.20 Å². The third-order valence-electron chi connectivity index (χ3n) is 6.96. The second-order valence-electron chi connectivity index (χ2n) is 8.85. The van der Waals surface area contributed by atoms with Crippen molar-refractivity contribution in [2.24, 2.45) is 5.92 Å². The van der Waals surface area contributed by atoms with E-state index in [4.69, 9.17) is 9.47 Å². The number of halogens is 1. The molecule has 3 aliphatic heterocycles. The lowest BCUT2D eigenvalue weighted by Crippen LogP contribution is -2.47. The maximum atomic E-state index is 14.5. The highest BCUT2D eigenvalue weighted by Crippen LogP contribution is 2.33. The van der Waals surface area contributed by atoms with E-state index >= 15 is 0 Å². The van der Waals surface area contributed by atoms with Crippen LogP contribution in [0.2, 0.25) is 0 Å². The van der Waals surface area contributed by atoms with Crippen LogP contribution in [0.3, 0.4) is 0 Å². The molecule has 0 aliphatic carbocycles. The number of amides is 1. The molecule has 0 atom stereocenters. The number of rotatable bonds is 5. The van der Waals surface area contributed by atoms with E-state index in [2.05, 4.69) is 20.5 Å². The number of carbonyl (C=O) groups excluding carboxylic acids is 1. The van der Waals surface area contributed by atoms with Crippen LogP contribution in [0.25, 0.3) is 5.65 Å². The normalized spacial score (nSPS) is 18.8. The van der Waals surface area contributed by atoms with Crippen LogP contribution in [0.5, 0.6) is 5.75 Å². The zero-order chi connectivity index (χ0) is 22.4. The first-order valence-electron chi connectivity index (χ1n) is 11.4. The van der Waals surface area contributed by atoms with Crippen molar-refractivity contribution in [2.45, 2.75) is 31.7 Å². The minimum absolute atomic E-state index is 0.0269. The van der Waals surface area contributed by atoms with Gasteiger partial charge in [0.25, 0.3) is 0 Å². The van der Waals surface area contributed by atoms with E-state index in [9.17, 15) is 9.18 Å². The van der Waals surface area contributed by atoms with Gasteiger partial charge in [-0.25, -0.2) is 9.37 Å². The number of hydrogen-bond acceptors (Lipinski definition) is 7. The van der Waals surface area contributed by atoms with Crippen molar-refractivity contribution in [1.82, 2.24) is 24.5 Å². The van der Waals surface area contributed by atoms with Gasteiger partial charge in [-0.1, -0.05) is 0 Å². The summed E-state index contributed by atoms with van der Waals surface area (Å²) in [6.07, 6.45) is 5.88. The van der Waals surface area contributed by atoms with Crippen LogP contribution in [0.1, 0.15) is 35.4 Å². The SMILES string of the molecule is O=C(C1COC1)N1CCC(c2cnc(NCc3c(F)ccc4c3CCO4)n3cnnc23)CC1. The van der Waals surface area contributed by atoms with E-state index in [1.54, 1.807) is 12.4 Å². The molecule has 33 heavy (non-hydrogen) atoms. The van der Waals surface area contributed by atoms with Crippen LogP contribution in [0, 0.1) is 11.7 Å². The molecule has 1 aromatic carbocycles. The summed E-state index contributed by atoms with van der Waals surface area (Å²) in [7, 11) is 0. The van der Waals surface area contributed by atoms with Gasteiger partial charge in [-0.2, -0.15) is 0 Å². The van der Waals surface area contributed by atoms with Crippen LogP contribution in [0.15, 0.2) is 24.7 Å². The minimum Gasteiger partial charge on any atom is -0.493 e. The number of piperidine rings is 1. The molecule has 6 rings (SSSR count). The number of nitrogens with one attached hydrogen (secondary N) is 1. The van der Waals surface area contributed by atoms with Crippen LogP contribution in [0.4, 0.5) is 10.3 Å². The Morgan fingerprint density at radius 1 is 1.24 bits per heavy atom. The van der Waals surface area contributed by atoms with Crippen molar-refractivity contribution in [3.05, 3.63) is 47.2 Å². The lowest BCUT2D eigenvalue weighted by Gasteiger charge is -2.36. The van der Waals surface area contributed by atoms with E-state index in [1.165, 1.54) is 6.07 Å². The van der Waals surface area contributed by atoms with Crippen LogP contribution < -0.4 is 10.1 Å². The van der Waals surface area contributed by atoms with Crippen molar-refractivity contribution in [3.8, 4) is 5.75 Å². The molecule has 2 aromatic heterocycles. The van der Waals surface area contributed by atoms with Gasteiger partial charge in [0.05, 0.1) is 25.7 Å². The number of aromatic nitrogens is 4. The third-order valence-corrected chi connectivity index (χ3v) is 6.96. The van der Waals surface area contributed by atoms with Crippen LogP contribution in [-0.4, -0.2) is 63.3 Å². The highest BCUT2D eigenvalue weighted by atomic mass is 19.1. The molecule has 2 fully saturated rings. The summed E-state index contributed by atoms with van der Waals surface area (Å²) in [5.74, 6) is 1.55. The summed E-state index contributed by atoms with van der Waals surface area (Å²) in [4.78, 5) is 19.1. The monoisotopic (exact) mass is 452 g/mol. The van der Waals surface area contributed by atoms with E-state index < -0.39 is 0 Å². The number of hydrogen-bond donors (Lipinski definition) is 1. The predicted molar refractivity (Wildman–Crippen MR) is 117 cm³/mol. The van der Waals surface area contributed by atoms with Gasteiger partial charge in [0.2, 0.25) is 11.9 Å². The maximum Gasteiger partial charge on any atom is 0.230 e. The maximum absolute atomic E-state index is 14.5. The standard InChI is InChI=1S/C23H25FN6O3/c24-19-1-2-20-16(5-8-33-20)18(19)10-26-23-25-9-17(21-28-27-13-30(21)23)14-3-6-29(7-4-14)22(31)15-11-32-12-15/h1-2,9,13-15H,3-8,10-12H2,(H,25,26). The zero-order valence-electron chi connectivity index (χ0n) is 18.2. The van der Waals surface area contributed by atoms with Gasteiger partial charge in [-0.15, -0.1) is 10.2 Å². The predicted octanol–water partition coefficient (Wildman–Crippen LogP) is 2.16. The summed E-state index contributed by atoms with van der Waals surface area (Å²) in [5, 5.41) is 11.7. The lowest BCUT2D eigenvalue weighted by atomic mass is 9.90. The summed E-state index contributed by atoms with van der Waals surface area (Å²) >= 11 is 0. The fourth-order valence-electron chi connectivity index (χ4n) is 4.98. The van der Waals surface area contributed by atoms with Crippen molar-refractivity contribution in [2.75, 3.05) is 38.2 Å². The van der Waals surface area contributed by atoms with Gasteiger partial charge in [0.1, 0.15) is 17.9 Å². The molecular formula is C23H25FN6O3. The van der Waals surface area contributed by atoms with Gasteiger partial charge in [0.15, 0.2) is 5.65 Å². The van der Waals surface area contributed by atoms with Gasteiger partial charge in [0, 0.05) is 48.9 Å². The molecule has 10 heteroatoms. The number of benzene rings is 1. The summed E-state index contributed by atoms with van der Waals surface area (Å²) in [5.41, 5.74) is 3.28. The first kappa shape index (κ1) is 20.3. The average molecular weight is 452 g/mol. The number of likely N-dealkylation sites (tertiary alicyclic amines) is 1. The Morgan fingerprint density at radius 2 is 2.09 bits per heavy atom. The van der Waals surface area contributed by atoms with E-state index in [0.29, 0.717) is 44.3 Å². The number of carbonyl (C=O) groups is 1. The fraction of sp³-hybridized carbons (Fsp3) is 0.478. The molecule has 3 aromatic rings. The fourth-order valence-corrected chi connectivity index (χ4v) is 4.98. The van der Waals surface area contributed by atoms with Gasteiger partial charge < -0.3 is 19.7 Å². The Kier molecular flexibility index (Phi) is 5.09. The van der Waals surface area contributed by atoms with Crippen molar-refractivity contribution in [1.29, 1.82) is 0 Å². The lowest BCUT2D eigenvalue weighted by molar-refractivity contribution is -0.150. The van der Waals surface area contributed by atoms with Crippen molar-refractivity contribution >= 4 is 17.5 Å². The molecule has 0 spiro atoms. The first-order valence-corrected chi connectivity index (χ1v) is 11.4. The van der Waals surface area contributed by atoms with Crippen molar-refractivity contribution in [3.63, 3.8) is 0 Å². The highest BCUT2D eigenvalue weighted by Gasteiger charge is 2.33. The molecular weight excluding hydrogens is 427 g/mol. The second kappa shape index (κ2) is 8.26. The average Bonchev–Trinajstić information content (AvgIpc) is 3.47. The van der Waals surface area contributed by atoms with Gasteiger partial charge >= 0.3 is 0 Å². The molecule has 0 saturated carbocycles. The summed E-state index contributed by atoms with van der Waals surface area (Å²) < 4.78 is 27.0. The van der Waals surface area contributed by atoms with E-state index in [0.717, 1.165) is 48.5 Å². The molecule has 0 radical (unpaired) electrons. The molecule has 172 valence electrons. The molecule has 5 heterocycles. The Labute approximate surface area is 189 Å². The topological polar surface area (TPSA) is 93.9 Å². The van der Waals surface area contributed by atoms with Gasteiger partial charge in [-0.05, 0) is 30.9 Å². The second-order valence-corrected chi connectivity index (χ2v) is 8.85. The van der Waals surface area contributed by atoms with E-state index in [1.807, 2.05) is 15.5 Å². The van der Waals surface area contributed by atoms with Crippen LogP contribution in [-0.2, 0) is 22.5 Å². The zero-order valence-corrected chi connectivity index (χ0v) is 18.2. The molecule has 1 N–H and O–H groups in total. The minimum atomic E-state index is -0.252. The Balaban J connectivity index is 1.18. The molecule has 1 amide bonds. The molecule has 2 saturated heterocycles. The van der Waals surface area contributed by atoms with Crippen molar-refractivity contribution < 1.29 is 18.7 Å². The molecule has 3 aliphatic rings. The Hall–Kier alpha value is -3.27. The van der Waals surface area contributed by atoms with E-state index in [-0.39, 0.29) is 23.6 Å². The summed E-state index contributed by atoms with van der Waals surface area (Å²) in [6.45, 7) is 3.40. The number of nitrogens with zero attached hydrogens (tertiary/aromatic N) is 5.